The first-order valence-electron chi connectivity index (χ1n) is 12.7. The molecule has 0 bridgehead atoms. The number of hydrogen-bond acceptors (Lipinski definition) is 8. The minimum atomic E-state index is -1.49. The van der Waals surface area contributed by atoms with Gasteiger partial charge in [-0.15, -0.1) is 0 Å². The van der Waals surface area contributed by atoms with E-state index in [1.807, 2.05) is 0 Å². The highest BCUT2D eigenvalue weighted by Crippen LogP contribution is 2.15. The third-order valence-electron chi connectivity index (χ3n) is 6.27. The summed E-state index contributed by atoms with van der Waals surface area (Å²) in [6.07, 6.45) is 5.65. The number of nitrogens with one attached hydrogen (secondary N) is 1. The maximum absolute atomic E-state index is 13.3. The Balaban J connectivity index is 2.96. The molecule has 11 heteroatoms. The SMILES string of the molecule is CCCCCCCC(N)C(O)C(=O)N(C)C(CCS(C)=O)C(=O)NC(Cc1ccc(O)cc1)C(=O)OC. The second-order valence-electron chi connectivity index (χ2n) is 9.30. The molecule has 0 aliphatic heterocycles. The van der Waals surface area contributed by atoms with Crippen LogP contribution in [0.5, 0.6) is 5.75 Å². The molecule has 0 aromatic heterocycles. The van der Waals surface area contributed by atoms with Gasteiger partial charge in [-0.1, -0.05) is 51.2 Å². The van der Waals surface area contributed by atoms with E-state index >= 15 is 0 Å². The number of nitrogens with two attached hydrogens (primary N) is 1. The third kappa shape index (κ3) is 11.6. The maximum atomic E-state index is 13.3. The van der Waals surface area contributed by atoms with Crippen molar-refractivity contribution in [2.45, 2.75) is 82.5 Å². The van der Waals surface area contributed by atoms with Crippen LogP contribution in [-0.2, 0) is 36.3 Å². The molecule has 1 rings (SSSR count). The van der Waals surface area contributed by atoms with E-state index in [0.717, 1.165) is 37.0 Å². The number of rotatable bonds is 17. The molecule has 0 radical (unpaired) electrons. The Morgan fingerprint density at radius 3 is 2.30 bits per heavy atom. The van der Waals surface area contributed by atoms with Gasteiger partial charge < -0.3 is 30.9 Å². The molecule has 37 heavy (non-hydrogen) atoms. The molecule has 2 amide bonds. The first-order chi connectivity index (χ1) is 17.5. The molecule has 5 atom stereocenters. The van der Waals surface area contributed by atoms with Crippen molar-refractivity contribution in [1.82, 2.24) is 10.2 Å². The van der Waals surface area contributed by atoms with Crippen molar-refractivity contribution in [3.05, 3.63) is 29.8 Å². The van der Waals surface area contributed by atoms with Gasteiger partial charge in [0.2, 0.25) is 5.91 Å². The van der Waals surface area contributed by atoms with E-state index in [9.17, 15) is 28.8 Å². The van der Waals surface area contributed by atoms with Crippen LogP contribution in [0.25, 0.3) is 0 Å². The molecular weight excluding hydrogens is 498 g/mol. The molecule has 0 aliphatic rings. The lowest BCUT2D eigenvalue weighted by molar-refractivity contribution is -0.149. The van der Waals surface area contributed by atoms with Gasteiger partial charge in [-0.05, 0) is 30.5 Å². The Morgan fingerprint density at radius 1 is 1.11 bits per heavy atom. The minimum absolute atomic E-state index is 0.0588. The molecular formula is C26H43N3O7S. The Labute approximate surface area is 222 Å². The number of phenols is 1. The van der Waals surface area contributed by atoms with Crippen LogP contribution in [0.4, 0.5) is 0 Å². The number of ether oxygens (including phenoxy) is 1. The van der Waals surface area contributed by atoms with E-state index in [-0.39, 0.29) is 24.3 Å². The lowest BCUT2D eigenvalue weighted by atomic mass is 10.0. The zero-order chi connectivity index (χ0) is 28.0. The number of nitrogens with zero attached hydrogens (tertiary/aromatic N) is 1. The molecule has 1 aromatic carbocycles. The van der Waals surface area contributed by atoms with Crippen LogP contribution in [0, 0.1) is 0 Å². The van der Waals surface area contributed by atoms with Gasteiger partial charge in [-0.2, -0.15) is 0 Å². The predicted molar refractivity (Wildman–Crippen MR) is 143 cm³/mol. The second kappa shape index (κ2) is 17.1. The number of carbonyl (C=O) groups is 3. The Morgan fingerprint density at radius 2 is 1.73 bits per heavy atom. The second-order valence-corrected chi connectivity index (χ2v) is 10.9. The van der Waals surface area contributed by atoms with Gasteiger partial charge in [0.05, 0.1) is 7.11 Å². The summed E-state index contributed by atoms with van der Waals surface area (Å²) >= 11 is 0. The molecule has 5 N–H and O–H groups in total. The topological polar surface area (TPSA) is 159 Å². The summed E-state index contributed by atoms with van der Waals surface area (Å²) in [6, 6.07) is 3.23. The summed E-state index contributed by atoms with van der Waals surface area (Å²) in [5.74, 6) is -1.84. The van der Waals surface area contributed by atoms with Crippen molar-refractivity contribution in [2.75, 3.05) is 26.2 Å². The lowest BCUT2D eigenvalue weighted by Crippen LogP contribution is -2.56. The Bertz CT molecular complexity index is 881. The number of phenolic OH excluding ortho intramolecular Hbond substituents is 1. The summed E-state index contributed by atoms with van der Waals surface area (Å²) in [5.41, 5.74) is 6.75. The van der Waals surface area contributed by atoms with Crippen molar-refractivity contribution in [3.8, 4) is 5.75 Å². The Hall–Kier alpha value is -2.50. The number of aliphatic hydroxyl groups excluding tert-OH is 1. The number of amides is 2. The predicted octanol–water partition coefficient (Wildman–Crippen LogP) is 1.24. The van der Waals surface area contributed by atoms with E-state index < -0.39 is 52.8 Å². The molecule has 0 heterocycles. The molecule has 1 aromatic rings. The number of methoxy groups -OCH3 is 1. The number of aliphatic hydroxyl groups is 1. The van der Waals surface area contributed by atoms with Crippen molar-refractivity contribution >= 4 is 28.6 Å². The summed E-state index contributed by atoms with van der Waals surface area (Å²) < 4.78 is 16.6. The van der Waals surface area contributed by atoms with E-state index in [4.69, 9.17) is 10.5 Å². The highest BCUT2D eigenvalue weighted by molar-refractivity contribution is 7.84. The van der Waals surface area contributed by atoms with Crippen LogP contribution in [-0.4, -0.2) is 87.5 Å². The monoisotopic (exact) mass is 541 g/mol. The van der Waals surface area contributed by atoms with E-state index in [1.54, 1.807) is 12.1 Å². The molecule has 0 fully saturated rings. The van der Waals surface area contributed by atoms with Gasteiger partial charge >= 0.3 is 5.97 Å². The molecule has 5 unspecified atom stereocenters. The molecule has 210 valence electrons. The average molecular weight is 542 g/mol. The fourth-order valence-corrected chi connectivity index (χ4v) is 4.49. The molecule has 10 nitrogen and oxygen atoms in total. The number of esters is 1. The number of hydrogen-bond donors (Lipinski definition) is 4. The lowest BCUT2D eigenvalue weighted by Gasteiger charge is -2.31. The van der Waals surface area contributed by atoms with Gasteiger partial charge in [-0.25, -0.2) is 4.79 Å². The molecule has 0 spiro atoms. The fraction of sp³-hybridized carbons (Fsp3) is 0.654. The maximum Gasteiger partial charge on any atom is 0.328 e. The van der Waals surface area contributed by atoms with Crippen LogP contribution in [0.15, 0.2) is 24.3 Å². The number of likely N-dealkylation sites (N-methyl/N-ethyl adjacent to an activating group) is 1. The van der Waals surface area contributed by atoms with Gasteiger partial charge in [-0.3, -0.25) is 13.8 Å². The van der Waals surface area contributed by atoms with Gasteiger partial charge in [0, 0.05) is 42.3 Å². The van der Waals surface area contributed by atoms with Crippen molar-refractivity contribution in [2.24, 2.45) is 5.73 Å². The van der Waals surface area contributed by atoms with E-state index in [2.05, 4.69) is 12.2 Å². The zero-order valence-electron chi connectivity index (χ0n) is 22.4. The number of aromatic hydroxyl groups is 1. The number of benzene rings is 1. The largest absolute Gasteiger partial charge is 0.508 e. The summed E-state index contributed by atoms with van der Waals surface area (Å²) in [4.78, 5) is 39.8. The van der Waals surface area contributed by atoms with Gasteiger partial charge in [0.1, 0.15) is 23.9 Å². The summed E-state index contributed by atoms with van der Waals surface area (Å²) in [6.45, 7) is 2.12. The third-order valence-corrected chi connectivity index (χ3v) is 7.09. The van der Waals surface area contributed by atoms with Crippen molar-refractivity contribution < 1.29 is 33.5 Å². The van der Waals surface area contributed by atoms with Crippen molar-refractivity contribution in [3.63, 3.8) is 0 Å². The Kier molecular flexibility index (Phi) is 15.0. The van der Waals surface area contributed by atoms with E-state index in [0.29, 0.717) is 12.0 Å². The van der Waals surface area contributed by atoms with Gasteiger partial charge in [0.15, 0.2) is 0 Å². The fourth-order valence-electron chi connectivity index (χ4n) is 3.94. The average Bonchev–Trinajstić information content (AvgIpc) is 2.87. The minimum Gasteiger partial charge on any atom is -0.508 e. The number of unbranched alkanes of at least 4 members (excludes halogenated alkanes) is 4. The normalized spacial score (nSPS) is 15.2. The van der Waals surface area contributed by atoms with Crippen LogP contribution >= 0.6 is 0 Å². The molecule has 0 aliphatic carbocycles. The molecule has 0 saturated carbocycles. The van der Waals surface area contributed by atoms with Crippen LogP contribution in [0.3, 0.4) is 0 Å². The number of carbonyl (C=O) groups excluding carboxylic acids is 3. The first-order valence-corrected chi connectivity index (χ1v) is 14.4. The van der Waals surface area contributed by atoms with Crippen LogP contribution < -0.4 is 11.1 Å². The van der Waals surface area contributed by atoms with Crippen molar-refractivity contribution in [1.29, 1.82) is 0 Å². The van der Waals surface area contributed by atoms with E-state index in [1.165, 1.54) is 32.5 Å². The first kappa shape index (κ1) is 32.5. The van der Waals surface area contributed by atoms with Gasteiger partial charge in [0.25, 0.3) is 5.91 Å². The highest BCUT2D eigenvalue weighted by atomic mass is 32.2. The smallest absolute Gasteiger partial charge is 0.328 e. The molecule has 0 saturated heterocycles. The summed E-state index contributed by atoms with van der Waals surface area (Å²) in [7, 11) is 1.35. The summed E-state index contributed by atoms with van der Waals surface area (Å²) in [5, 5.41) is 22.7. The zero-order valence-corrected chi connectivity index (χ0v) is 23.2. The van der Waals surface area contributed by atoms with Crippen LogP contribution in [0.2, 0.25) is 0 Å². The quantitative estimate of drug-likeness (QED) is 0.169. The highest BCUT2D eigenvalue weighted by Gasteiger charge is 2.34. The standard InChI is InChI=1S/C26H43N3O7S/c1-5-6-7-8-9-10-20(27)23(31)25(33)29(2)22(15-16-37(4)35)24(32)28-21(26(34)36-3)17-18-11-13-19(30)14-12-18/h11-14,20-23,30-31H,5-10,15-17,27H2,1-4H3,(H,28,32). The van der Waals surface area contributed by atoms with Crippen LogP contribution in [0.1, 0.15) is 57.4 Å².